The van der Waals surface area contributed by atoms with Crippen LogP contribution in [0.2, 0.25) is 0 Å². The monoisotopic (exact) mass is 471 g/mol. The van der Waals surface area contributed by atoms with E-state index in [1.54, 1.807) is 18.2 Å². The molecule has 35 heavy (non-hydrogen) atoms. The Kier molecular flexibility index (Phi) is 6.20. The number of aryl methyl sites for hydroxylation is 1. The van der Waals surface area contributed by atoms with Gasteiger partial charge in [0.05, 0.1) is 12.7 Å². The van der Waals surface area contributed by atoms with E-state index < -0.39 is 17.4 Å². The van der Waals surface area contributed by atoms with Crippen molar-refractivity contribution in [1.29, 1.82) is 0 Å². The maximum atomic E-state index is 13.2. The van der Waals surface area contributed by atoms with Gasteiger partial charge in [-0.05, 0) is 54.7 Å². The van der Waals surface area contributed by atoms with E-state index in [1.165, 1.54) is 11.1 Å². The van der Waals surface area contributed by atoms with Crippen LogP contribution in [-0.4, -0.2) is 35.2 Å². The summed E-state index contributed by atoms with van der Waals surface area (Å²) in [5, 5.41) is 12.8. The predicted octanol–water partition coefficient (Wildman–Crippen LogP) is 4.51. The third kappa shape index (κ3) is 5.16. The highest BCUT2D eigenvalue weighted by molar-refractivity contribution is 5.99. The average Bonchev–Trinajstić information content (AvgIpc) is 3.57. The molecule has 0 aliphatic heterocycles. The van der Waals surface area contributed by atoms with Crippen molar-refractivity contribution < 1.29 is 24.2 Å². The van der Waals surface area contributed by atoms with Crippen LogP contribution in [0, 0.1) is 6.92 Å². The first kappa shape index (κ1) is 23.0. The Morgan fingerprint density at radius 3 is 2.37 bits per heavy atom. The standard InChI is InChI=1S/C29H29NO5/c1-19-5-4-6-20(15-19)13-14-34-26-16-21(9-12-25(26)35-24-10-11-24)27(31)30-29(28(32)33)17-22-7-2-3-8-23(22)18-29/h2-9,12,15-16,24H,10-11,13-14,17-18H2,1H3,(H,30,31)(H,32,33). The molecule has 0 bridgehead atoms. The van der Waals surface area contributed by atoms with Gasteiger partial charge in [-0.15, -0.1) is 0 Å². The van der Waals surface area contributed by atoms with Crippen molar-refractivity contribution in [2.45, 2.75) is 50.7 Å². The number of carboxylic acid groups (broad SMARTS) is 1. The maximum Gasteiger partial charge on any atom is 0.330 e. The summed E-state index contributed by atoms with van der Waals surface area (Å²) in [6.45, 7) is 2.49. The number of aliphatic carboxylic acids is 1. The molecule has 3 aromatic carbocycles. The SMILES string of the molecule is Cc1cccc(CCOc2cc(C(=O)NC3(C(=O)O)Cc4ccccc4C3)ccc2OC2CC2)c1. The zero-order valence-electron chi connectivity index (χ0n) is 19.8. The molecule has 0 unspecified atom stereocenters. The Labute approximate surface area is 204 Å². The summed E-state index contributed by atoms with van der Waals surface area (Å²) >= 11 is 0. The number of carbonyl (C=O) groups excluding carboxylic acids is 1. The summed E-state index contributed by atoms with van der Waals surface area (Å²) in [6, 6.07) is 20.9. The first-order valence-electron chi connectivity index (χ1n) is 12.0. The first-order valence-corrected chi connectivity index (χ1v) is 12.0. The minimum atomic E-state index is -1.36. The predicted molar refractivity (Wildman–Crippen MR) is 132 cm³/mol. The van der Waals surface area contributed by atoms with Gasteiger partial charge in [0, 0.05) is 24.8 Å². The lowest BCUT2D eigenvalue weighted by molar-refractivity contribution is -0.144. The Morgan fingerprint density at radius 1 is 0.971 bits per heavy atom. The number of benzene rings is 3. The van der Waals surface area contributed by atoms with E-state index in [4.69, 9.17) is 9.47 Å². The van der Waals surface area contributed by atoms with E-state index in [0.717, 1.165) is 30.4 Å². The molecule has 2 aliphatic rings. The van der Waals surface area contributed by atoms with Gasteiger partial charge in [0.25, 0.3) is 5.91 Å². The average molecular weight is 472 g/mol. The van der Waals surface area contributed by atoms with Crippen molar-refractivity contribution in [3.8, 4) is 11.5 Å². The smallest absolute Gasteiger partial charge is 0.330 e. The molecule has 1 amide bonds. The van der Waals surface area contributed by atoms with Crippen LogP contribution >= 0.6 is 0 Å². The second-order valence-electron chi connectivity index (χ2n) is 9.53. The molecule has 0 atom stereocenters. The van der Waals surface area contributed by atoms with E-state index in [9.17, 15) is 14.7 Å². The molecule has 3 aromatic rings. The molecule has 6 nitrogen and oxygen atoms in total. The van der Waals surface area contributed by atoms with Crippen molar-refractivity contribution in [2.75, 3.05) is 6.61 Å². The van der Waals surface area contributed by atoms with Gasteiger partial charge in [-0.25, -0.2) is 4.79 Å². The zero-order valence-corrected chi connectivity index (χ0v) is 19.8. The van der Waals surface area contributed by atoms with Crippen molar-refractivity contribution in [3.63, 3.8) is 0 Å². The fourth-order valence-electron chi connectivity index (χ4n) is 4.57. The number of amides is 1. The number of fused-ring (bicyclic) bond motifs is 1. The van der Waals surface area contributed by atoms with Crippen molar-refractivity contribution in [1.82, 2.24) is 5.32 Å². The number of ether oxygens (including phenoxy) is 2. The van der Waals surface area contributed by atoms with E-state index >= 15 is 0 Å². The highest BCUT2D eigenvalue weighted by Gasteiger charge is 2.45. The Balaban J connectivity index is 1.33. The number of carbonyl (C=O) groups is 2. The lowest BCUT2D eigenvalue weighted by Crippen LogP contribution is -2.55. The molecule has 0 heterocycles. The summed E-state index contributed by atoms with van der Waals surface area (Å²) < 4.78 is 12.1. The van der Waals surface area contributed by atoms with Gasteiger partial charge < -0.3 is 19.9 Å². The van der Waals surface area contributed by atoms with Gasteiger partial charge in [0.1, 0.15) is 5.54 Å². The quantitative estimate of drug-likeness (QED) is 0.480. The van der Waals surface area contributed by atoms with Crippen LogP contribution in [-0.2, 0) is 24.1 Å². The summed E-state index contributed by atoms with van der Waals surface area (Å²) in [5.41, 5.74) is 3.24. The molecule has 1 saturated carbocycles. The number of hydrogen-bond acceptors (Lipinski definition) is 4. The number of rotatable bonds is 9. The van der Waals surface area contributed by atoms with Gasteiger partial charge in [-0.1, -0.05) is 54.1 Å². The molecular weight excluding hydrogens is 442 g/mol. The van der Waals surface area contributed by atoms with Gasteiger partial charge in [-0.2, -0.15) is 0 Å². The fraction of sp³-hybridized carbons (Fsp3) is 0.310. The molecule has 6 heteroatoms. The second kappa shape index (κ2) is 9.45. The van der Waals surface area contributed by atoms with Crippen LogP contribution in [0.15, 0.2) is 66.7 Å². The largest absolute Gasteiger partial charge is 0.489 e. The first-order chi connectivity index (χ1) is 16.9. The van der Waals surface area contributed by atoms with Gasteiger partial charge in [-0.3, -0.25) is 4.79 Å². The molecule has 1 fully saturated rings. The summed E-state index contributed by atoms with van der Waals surface area (Å²) in [6.07, 6.45) is 3.43. The van der Waals surface area contributed by atoms with Crippen LogP contribution in [0.3, 0.4) is 0 Å². The van der Waals surface area contributed by atoms with Crippen LogP contribution < -0.4 is 14.8 Å². The molecule has 5 rings (SSSR count). The Hall–Kier alpha value is -3.80. The number of nitrogens with one attached hydrogen (secondary N) is 1. The second-order valence-corrected chi connectivity index (χ2v) is 9.53. The Bertz CT molecular complexity index is 1240. The molecule has 180 valence electrons. The maximum absolute atomic E-state index is 13.2. The molecule has 0 saturated heterocycles. The van der Waals surface area contributed by atoms with E-state index in [2.05, 4.69) is 30.4 Å². The van der Waals surface area contributed by atoms with Crippen molar-refractivity contribution >= 4 is 11.9 Å². The van der Waals surface area contributed by atoms with Crippen LogP contribution in [0.5, 0.6) is 11.5 Å². The molecule has 0 aromatic heterocycles. The zero-order chi connectivity index (χ0) is 24.4. The molecule has 0 radical (unpaired) electrons. The van der Waals surface area contributed by atoms with Gasteiger partial charge >= 0.3 is 5.97 Å². The minimum Gasteiger partial charge on any atom is -0.489 e. The summed E-state index contributed by atoms with van der Waals surface area (Å²) in [5.74, 6) is -0.377. The topological polar surface area (TPSA) is 84.9 Å². The number of carboxylic acids is 1. The van der Waals surface area contributed by atoms with Gasteiger partial charge in [0.15, 0.2) is 11.5 Å². The summed E-state index contributed by atoms with van der Waals surface area (Å²) in [4.78, 5) is 25.5. The lowest BCUT2D eigenvalue weighted by atomic mass is 9.95. The minimum absolute atomic E-state index is 0.182. The highest BCUT2D eigenvalue weighted by atomic mass is 16.5. The van der Waals surface area contributed by atoms with Crippen LogP contribution in [0.4, 0.5) is 0 Å². The van der Waals surface area contributed by atoms with Crippen LogP contribution in [0.1, 0.15) is 45.5 Å². The van der Waals surface area contributed by atoms with Crippen molar-refractivity contribution in [3.05, 3.63) is 94.5 Å². The highest BCUT2D eigenvalue weighted by Crippen LogP contribution is 2.35. The molecule has 2 N–H and O–H groups in total. The third-order valence-corrected chi connectivity index (χ3v) is 6.62. The molecule has 0 spiro atoms. The summed E-state index contributed by atoms with van der Waals surface area (Å²) in [7, 11) is 0. The Morgan fingerprint density at radius 2 is 1.71 bits per heavy atom. The van der Waals surface area contributed by atoms with Crippen LogP contribution in [0.25, 0.3) is 0 Å². The molecular formula is C29H29NO5. The number of hydrogen-bond donors (Lipinski definition) is 2. The lowest BCUT2D eigenvalue weighted by Gasteiger charge is -2.25. The fourth-order valence-corrected chi connectivity index (χ4v) is 4.57. The van der Waals surface area contributed by atoms with E-state index in [0.29, 0.717) is 23.7 Å². The van der Waals surface area contributed by atoms with E-state index in [-0.39, 0.29) is 18.9 Å². The van der Waals surface area contributed by atoms with E-state index in [1.807, 2.05) is 30.3 Å². The third-order valence-electron chi connectivity index (χ3n) is 6.62. The normalized spacial score (nSPS) is 15.8. The van der Waals surface area contributed by atoms with Crippen molar-refractivity contribution in [2.24, 2.45) is 0 Å². The molecule has 2 aliphatic carbocycles. The van der Waals surface area contributed by atoms with Gasteiger partial charge in [0.2, 0.25) is 0 Å².